The molecule has 0 amide bonds. The summed E-state index contributed by atoms with van der Waals surface area (Å²) in [6.45, 7) is 5.37. The number of piperidine rings is 1. The highest BCUT2D eigenvalue weighted by Crippen LogP contribution is 2.24. The molecule has 2 nitrogen and oxygen atoms in total. The lowest BCUT2D eigenvalue weighted by Gasteiger charge is -2.29. The molecule has 2 rings (SSSR count). The van der Waals surface area contributed by atoms with E-state index >= 15 is 0 Å². The Morgan fingerprint density at radius 1 is 1.38 bits per heavy atom. The molecule has 2 N–H and O–H groups in total. The molecule has 0 aromatic rings. The Balaban J connectivity index is 2.04. The van der Waals surface area contributed by atoms with Gasteiger partial charge in [-0.1, -0.05) is 0 Å². The Labute approximate surface area is 96.3 Å². The molecule has 2 unspecified atom stereocenters. The standard InChI is InChI=1S/C13H19FN2/c1-9-3-4-11(7-15-9)10(2)13-6-5-12(14)8-16-13/h5-6,8-9,11,15-16H,3-4,7H2,1-2H3. The molecular formula is C13H19FN2. The van der Waals surface area contributed by atoms with Gasteiger partial charge in [0.25, 0.3) is 0 Å². The van der Waals surface area contributed by atoms with Crippen molar-refractivity contribution >= 4 is 0 Å². The lowest BCUT2D eigenvalue weighted by atomic mass is 9.88. The fourth-order valence-electron chi connectivity index (χ4n) is 2.24. The molecule has 1 saturated heterocycles. The van der Waals surface area contributed by atoms with Gasteiger partial charge in [0, 0.05) is 24.5 Å². The van der Waals surface area contributed by atoms with Crippen molar-refractivity contribution in [2.75, 3.05) is 6.54 Å². The quantitative estimate of drug-likeness (QED) is 0.712. The van der Waals surface area contributed by atoms with Gasteiger partial charge in [0.2, 0.25) is 0 Å². The molecule has 0 bridgehead atoms. The molecule has 0 radical (unpaired) electrons. The minimum absolute atomic E-state index is 0.216. The monoisotopic (exact) mass is 222 g/mol. The highest BCUT2D eigenvalue weighted by Gasteiger charge is 2.20. The minimum atomic E-state index is -0.216. The Morgan fingerprint density at radius 2 is 2.19 bits per heavy atom. The summed E-state index contributed by atoms with van der Waals surface area (Å²) < 4.78 is 12.8. The van der Waals surface area contributed by atoms with Gasteiger partial charge in [-0.25, -0.2) is 4.39 Å². The van der Waals surface area contributed by atoms with Crippen molar-refractivity contribution in [2.24, 2.45) is 5.92 Å². The molecule has 2 atom stereocenters. The van der Waals surface area contributed by atoms with Gasteiger partial charge in [-0.3, -0.25) is 0 Å². The first kappa shape index (κ1) is 11.4. The zero-order chi connectivity index (χ0) is 11.5. The second kappa shape index (κ2) is 4.83. The molecule has 0 aromatic heterocycles. The van der Waals surface area contributed by atoms with Crippen molar-refractivity contribution in [3.8, 4) is 0 Å². The summed E-state index contributed by atoms with van der Waals surface area (Å²) in [4.78, 5) is 0. The maximum Gasteiger partial charge on any atom is 0.139 e. The minimum Gasteiger partial charge on any atom is -0.359 e. The van der Waals surface area contributed by atoms with Crippen LogP contribution in [0.4, 0.5) is 4.39 Å². The third-order valence-corrected chi connectivity index (χ3v) is 3.47. The molecule has 16 heavy (non-hydrogen) atoms. The van der Waals surface area contributed by atoms with E-state index in [9.17, 15) is 4.39 Å². The second-order valence-electron chi connectivity index (χ2n) is 4.69. The van der Waals surface area contributed by atoms with Gasteiger partial charge in [-0.05, 0) is 50.3 Å². The van der Waals surface area contributed by atoms with E-state index in [1.54, 1.807) is 0 Å². The topological polar surface area (TPSA) is 24.1 Å². The van der Waals surface area contributed by atoms with E-state index in [1.807, 2.05) is 6.08 Å². The van der Waals surface area contributed by atoms with Gasteiger partial charge in [-0.2, -0.15) is 0 Å². The Bertz CT molecular complexity index is 347. The van der Waals surface area contributed by atoms with Crippen LogP contribution in [0.5, 0.6) is 0 Å². The third-order valence-electron chi connectivity index (χ3n) is 3.47. The number of nitrogens with one attached hydrogen (secondary N) is 2. The van der Waals surface area contributed by atoms with Crippen LogP contribution in [0.25, 0.3) is 0 Å². The van der Waals surface area contributed by atoms with Gasteiger partial charge in [0.15, 0.2) is 0 Å². The Morgan fingerprint density at radius 3 is 2.75 bits per heavy atom. The van der Waals surface area contributed by atoms with Crippen molar-refractivity contribution in [1.82, 2.24) is 10.6 Å². The van der Waals surface area contributed by atoms with Crippen LogP contribution < -0.4 is 10.6 Å². The highest BCUT2D eigenvalue weighted by atomic mass is 19.1. The fourth-order valence-corrected chi connectivity index (χ4v) is 2.24. The van der Waals surface area contributed by atoms with Gasteiger partial charge in [-0.15, -0.1) is 0 Å². The van der Waals surface area contributed by atoms with Gasteiger partial charge in [0.1, 0.15) is 5.83 Å². The van der Waals surface area contributed by atoms with Crippen LogP contribution >= 0.6 is 0 Å². The highest BCUT2D eigenvalue weighted by molar-refractivity contribution is 5.34. The summed E-state index contributed by atoms with van der Waals surface area (Å²) in [7, 11) is 0. The summed E-state index contributed by atoms with van der Waals surface area (Å²) >= 11 is 0. The lowest BCUT2D eigenvalue weighted by Crippen LogP contribution is -2.37. The summed E-state index contributed by atoms with van der Waals surface area (Å²) in [5.41, 5.74) is 2.36. The fraction of sp³-hybridized carbons (Fsp3) is 0.538. The average Bonchev–Trinajstić information content (AvgIpc) is 2.30. The van der Waals surface area contributed by atoms with E-state index in [-0.39, 0.29) is 5.83 Å². The smallest absolute Gasteiger partial charge is 0.139 e. The molecule has 1 fully saturated rings. The molecule has 2 aliphatic rings. The molecule has 2 heterocycles. The molecular weight excluding hydrogens is 203 g/mol. The van der Waals surface area contributed by atoms with Crippen molar-refractivity contribution in [2.45, 2.75) is 32.7 Å². The number of dihydropyridines is 1. The Kier molecular flexibility index (Phi) is 3.44. The number of hydrogen-bond acceptors (Lipinski definition) is 2. The van der Waals surface area contributed by atoms with Crippen molar-refractivity contribution < 1.29 is 4.39 Å². The third kappa shape index (κ3) is 2.53. The maximum absolute atomic E-state index is 12.8. The number of hydrogen-bond donors (Lipinski definition) is 2. The van der Waals surface area contributed by atoms with Crippen molar-refractivity contribution in [3.05, 3.63) is 35.4 Å². The molecule has 0 spiro atoms. The Hall–Kier alpha value is -1.09. The van der Waals surface area contributed by atoms with Gasteiger partial charge < -0.3 is 10.6 Å². The zero-order valence-corrected chi connectivity index (χ0v) is 9.89. The van der Waals surface area contributed by atoms with E-state index < -0.39 is 0 Å². The van der Waals surface area contributed by atoms with Crippen LogP contribution in [0, 0.1) is 5.92 Å². The van der Waals surface area contributed by atoms with Crippen LogP contribution in [0.2, 0.25) is 0 Å². The lowest BCUT2D eigenvalue weighted by molar-refractivity contribution is 0.354. The molecule has 0 aromatic carbocycles. The van der Waals surface area contributed by atoms with E-state index in [4.69, 9.17) is 0 Å². The summed E-state index contributed by atoms with van der Waals surface area (Å²) in [5, 5.41) is 6.49. The molecule has 3 heteroatoms. The van der Waals surface area contributed by atoms with Crippen molar-refractivity contribution in [3.63, 3.8) is 0 Å². The first-order valence-corrected chi connectivity index (χ1v) is 5.91. The first-order valence-electron chi connectivity index (χ1n) is 5.91. The van der Waals surface area contributed by atoms with Crippen LogP contribution in [-0.2, 0) is 0 Å². The summed E-state index contributed by atoms with van der Waals surface area (Å²) in [6.07, 6.45) is 7.17. The largest absolute Gasteiger partial charge is 0.359 e. The number of rotatable bonds is 1. The molecule has 0 aliphatic carbocycles. The predicted octanol–water partition coefficient (Wildman–Crippen LogP) is 2.62. The normalized spacial score (nSPS) is 33.1. The van der Waals surface area contributed by atoms with Crippen LogP contribution in [0.15, 0.2) is 35.4 Å². The number of allylic oxidation sites excluding steroid dienone is 3. The van der Waals surface area contributed by atoms with Crippen LogP contribution in [-0.4, -0.2) is 12.6 Å². The van der Waals surface area contributed by atoms with Gasteiger partial charge >= 0.3 is 0 Å². The summed E-state index contributed by atoms with van der Waals surface area (Å²) in [5.74, 6) is 0.352. The van der Waals surface area contributed by atoms with Crippen LogP contribution in [0.3, 0.4) is 0 Å². The van der Waals surface area contributed by atoms with E-state index in [1.165, 1.54) is 30.7 Å². The average molecular weight is 222 g/mol. The molecule has 2 aliphatic heterocycles. The SMILES string of the molecule is CC(=C1C=CC(F)=CN1)C1CCC(C)NC1. The van der Waals surface area contributed by atoms with E-state index in [0.717, 1.165) is 12.2 Å². The second-order valence-corrected chi connectivity index (χ2v) is 4.69. The van der Waals surface area contributed by atoms with Crippen LogP contribution in [0.1, 0.15) is 26.7 Å². The molecule has 88 valence electrons. The number of halogens is 1. The predicted molar refractivity (Wildman–Crippen MR) is 64.4 cm³/mol. The maximum atomic E-state index is 12.8. The zero-order valence-electron chi connectivity index (χ0n) is 9.89. The molecule has 0 saturated carbocycles. The summed E-state index contributed by atoms with van der Waals surface area (Å²) in [6, 6.07) is 0.626. The van der Waals surface area contributed by atoms with Gasteiger partial charge in [0.05, 0.1) is 0 Å². The van der Waals surface area contributed by atoms with E-state index in [2.05, 4.69) is 24.5 Å². The van der Waals surface area contributed by atoms with Crippen molar-refractivity contribution in [1.29, 1.82) is 0 Å². The van der Waals surface area contributed by atoms with E-state index in [0.29, 0.717) is 12.0 Å². The first-order chi connectivity index (χ1) is 7.66.